The van der Waals surface area contributed by atoms with Gasteiger partial charge in [0, 0.05) is 24.7 Å². The molecule has 3 heteroatoms. The van der Waals surface area contributed by atoms with Crippen molar-refractivity contribution in [3.8, 4) is 0 Å². The Morgan fingerprint density at radius 3 is 2.69 bits per heavy atom. The Bertz CT molecular complexity index is 291. The Balaban J connectivity index is 1.97. The SMILES string of the molecule is NCc1cn(C2CC2)c(C2CC2)n1. The second-order valence-corrected chi connectivity index (χ2v) is 4.21. The molecule has 1 aromatic heterocycles. The van der Waals surface area contributed by atoms with E-state index in [0.717, 1.165) is 17.7 Å². The van der Waals surface area contributed by atoms with E-state index in [1.54, 1.807) is 0 Å². The minimum absolute atomic E-state index is 0.583. The van der Waals surface area contributed by atoms with Gasteiger partial charge in [0.15, 0.2) is 0 Å². The second kappa shape index (κ2) is 2.58. The smallest absolute Gasteiger partial charge is 0.112 e. The lowest BCUT2D eigenvalue weighted by Crippen LogP contribution is -1.98. The predicted molar refractivity (Wildman–Crippen MR) is 50.4 cm³/mol. The fourth-order valence-electron chi connectivity index (χ4n) is 1.85. The fourth-order valence-corrected chi connectivity index (χ4v) is 1.85. The van der Waals surface area contributed by atoms with Crippen molar-refractivity contribution in [3.05, 3.63) is 17.7 Å². The third kappa shape index (κ3) is 1.27. The summed E-state index contributed by atoms with van der Waals surface area (Å²) in [5.74, 6) is 2.06. The van der Waals surface area contributed by atoms with Gasteiger partial charge in [0.05, 0.1) is 5.69 Å². The van der Waals surface area contributed by atoms with Gasteiger partial charge < -0.3 is 10.3 Å². The fraction of sp³-hybridized carbons (Fsp3) is 0.700. The van der Waals surface area contributed by atoms with Crippen molar-refractivity contribution in [2.24, 2.45) is 5.73 Å². The van der Waals surface area contributed by atoms with Crippen LogP contribution in [0.4, 0.5) is 0 Å². The molecule has 70 valence electrons. The Morgan fingerprint density at radius 2 is 2.15 bits per heavy atom. The number of nitrogens with zero attached hydrogens (tertiary/aromatic N) is 2. The number of aromatic nitrogens is 2. The topological polar surface area (TPSA) is 43.8 Å². The molecular weight excluding hydrogens is 162 g/mol. The van der Waals surface area contributed by atoms with Gasteiger partial charge in [-0.15, -0.1) is 0 Å². The molecule has 0 bridgehead atoms. The van der Waals surface area contributed by atoms with Crippen LogP contribution in [-0.2, 0) is 6.54 Å². The van der Waals surface area contributed by atoms with E-state index in [1.165, 1.54) is 31.5 Å². The molecule has 3 nitrogen and oxygen atoms in total. The van der Waals surface area contributed by atoms with Crippen LogP contribution >= 0.6 is 0 Å². The number of rotatable bonds is 3. The van der Waals surface area contributed by atoms with Gasteiger partial charge in [0.1, 0.15) is 5.82 Å². The highest BCUT2D eigenvalue weighted by molar-refractivity contribution is 5.15. The van der Waals surface area contributed by atoms with E-state index in [-0.39, 0.29) is 0 Å². The molecule has 0 unspecified atom stereocenters. The van der Waals surface area contributed by atoms with Crippen molar-refractivity contribution in [1.29, 1.82) is 0 Å². The molecule has 13 heavy (non-hydrogen) atoms. The van der Waals surface area contributed by atoms with Crippen LogP contribution in [0.15, 0.2) is 6.20 Å². The maximum Gasteiger partial charge on any atom is 0.112 e. The molecule has 0 aliphatic heterocycles. The van der Waals surface area contributed by atoms with Gasteiger partial charge >= 0.3 is 0 Å². The molecule has 2 aliphatic carbocycles. The van der Waals surface area contributed by atoms with Crippen LogP contribution in [0.2, 0.25) is 0 Å². The van der Waals surface area contributed by atoms with Crippen LogP contribution in [0.1, 0.15) is 49.2 Å². The number of imidazole rings is 1. The average molecular weight is 177 g/mol. The van der Waals surface area contributed by atoms with E-state index in [9.17, 15) is 0 Å². The van der Waals surface area contributed by atoms with E-state index in [0.29, 0.717) is 6.54 Å². The van der Waals surface area contributed by atoms with Crippen LogP contribution in [0.3, 0.4) is 0 Å². The summed E-state index contributed by atoms with van der Waals surface area (Å²) >= 11 is 0. The molecule has 2 aliphatic rings. The lowest BCUT2D eigenvalue weighted by molar-refractivity contribution is 0.683. The Labute approximate surface area is 78.0 Å². The first-order valence-electron chi connectivity index (χ1n) is 5.16. The Hall–Kier alpha value is -0.830. The van der Waals surface area contributed by atoms with Crippen molar-refractivity contribution >= 4 is 0 Å². The van der Waals surface area contributed by atoms with Crippen molar-refractivity contribution in [2.75, 3.05) is 0 Å². The zero-order chi connectivity index (χ0) is 8.84. The predicted octanol–water partition coefficient (Wildman–Crippen LogP) is 1.55. The van der Waals surface area contributed by atoms with Gasteiger partial charge in [-0.05, 0) is 25.7 Å². The van der Waals surface area contributed by atoms with E-state index in [2.05, 4.69) is 15.7 Å². The summed E-state index contributed by atoms with van der Waals surface area (Å²) in [4.78, 5) is 4.59. The summed E-state index contributed by atoms with van der Waals surface area (Å²) in [6.07, 6.45) is 7.48. The summed E-state index contributed by atoms with van der Waals surface area (Å²) < 4.78 is 2.37. The highest BCUT2D eigenvalue weighted by Gasteiger charge is 2.33. The maximum atomic E-state index is 5.60. The van der Waals surface area contributed by atoms with Gasteiger partial charge in [-0.2, -0.15) is 0 Å². The third-order valence-corrected chi connectivity index (χ3v) is 2.90. The van der Waals surface area contributed by atoms with Crippen LogP contribution in [0.25, 0.3) is 0 Å². The van der Waals surface area contributed by atoms with Crippen LogP contribution in [0.5, 0.6) is 0 Å². The molecule has 2 N–H and O–H groups in total. The van der Waals surface area contributed by atoms with Gasteiger partial charge in [0.25, 0.3) is 0 Å². The molecule has 0 amide bonds. The second-order valence-electron chi connectivity index (χ2n) is 4.21. The summed E-state index contributed by atoms with van der Waals surface area (Å²) in [5, 5.41) is 0. The molecule has 1 aromatic rings. The van der Waals surface area contributed by atoms with Crippen molar-refractivity contribution in [3.63, 3.8) is 0 Å². The molecule has 0 aromatic carbocycles. The van der Waals surface area contributed by atoms with E-state index < -0.39 is 0 Å². The lowest BCUT2D eigenvalue weighted by atomic mass is 10.4. The molecule has 0 atom stereocenters. The lowest BCUT2D eigenvalue weighted by Gasteiger charge is -2.02. The zero-order valence-electron chi connectivity index (χ0n) is 7.74. The molecule has 2 saturated carbocycles. The normalized spacial score (nSPS) is 22.2. The summed E-state index contributed by atoms with van der Waals surface area (Å²) in [7, 11) is 0. The maximum absolute atomic E-state index is 5.60. The number of hydrogen-bond acceptors (Lipinski definition) is 2. The van der Waals surface area contributed by atoms with Gasteiger partial charge in [-0.1, -0.05) is 0 Å². The highest BCUT2D eigenvalue weighted by Crippen LogP contribution is 2.44. The molecule has 0 saturated heterocycles. The standard InChI is InChI=1S/C10H15N3/c11-5-8-6-13(9-3-4-9)10(12-8)7-1-2-7/h6-7,9H,1-5,11H2. The molecule has 0 spiro atoms. The number of hydrogen-bond donors (Lipinski definition) is 1. The van der Waals surface area contributed by atoms with Gasteiger partial charge in [-0.25, -0.2) is 4.98 Å². The summed E-state index contributed by atoms with van der Waals surface area (Å²) in [5.41, 5.74) is 6.66. The first-order valence-corrected chi connectivity index (χ1v) is 5.16. The minimum Gasteiger partial charge on any atom is -0.331 e. The van der Waals surface area contributed by atoms with Crippen LogP contribution in [0, 0.1) is 0 Å². The first kappa shape index (κ1) is 7.56. The van der Waals surface area contributed by atoms with E-state index >= 15 is 0 Å². The van der Waals surface area contributed by atoms with Crippen molar-refractivity contribution < 1.29 is 0 Å². The highest BCUT2D eigenvalue weighted by atomic mass is 15.1. The van der Waals surface area contributed by atoms with Crippen LogP contribution < -0.4 is 5.73 Å². The Kier molecular flexibility index (Phi) is 1.50. The molecule has 3 rings (SSSR count). The van der Waals surface area contributed by atoms with Gasteiger partial charge in [0.2, 0.25) is 0 Å². The molecule has 2 fully saturated rings. The molecular formula is C10H15N3. The average Bonchev–Trinajstić information content (AvgIpc) is 3.02. The van der Waals surface area contributed by atoms with Gasteiger partial charge in [-0.3, -0.25) is 0 Å². The van der Waals surface area contributed by atoms with Crippen molar-refractivity contribution in [1.82, 2.24) is 9.55 Å². The number of nitrogens with two attached hydrogens (primary N) is 1. The summed E-state index contributed by atoms with van der Waals surface area (Å²) in [6, 6.07) is 0.753. The monoisotopic (exact) mass is 177 g/mol. The molecule has 0 radical (unpaired) electrons. The van der Waals surface area contributed by atoms with E-state index in [1.807, 2.05) is 0 Å². The van der Waals surface area contributed by atoms with Crippen molar-refractivity contribution in [2.45, 2.75) is 44.2 Å². The third-order valence-electron chi connectivity index (χ3n) is 2.90. The molecule has 1 heterocycles. The quantitative estimate of drug-likeness (QED) is 0.761. The van der Waals surface area contributed by atoms with Crippen LogP contribution in [-0.4, -0.2) is 9.55 Å². The first-order chi connectivity index (χ1) is 6.38. The zero-order valence-corrected chi connectivity index (χ0v) is 7.74. The Morgan fingerprint density at radius 1 is 1.38 bits per heavy atom. The minimum atomic E-state index is 0.583. The van der Waals surface area contributed by atoms with E-state index in [4.69, 9.17) is 5.73 Å². The largest absolute Gasteiger partial charge is 0.331 e. The summed E-state index contributed by atoms with van der Waals surface area (Å²) in [6.45, 7) is 0.583.